The third kappa shape index (κ3) is 3.57. The van der Waals surface area contributed by atoms with E-state index >= 15 is 0 Å². The van der Waals surface area contributed by atoms with Crippen LogP contribution in [-0.4, -0.2) is 37.9 Å². The number of rotatable bonds is 5. The molecular formula is C18H21NO3. The van der Waals surface area contributed by atoms with E-state index in [4.69, 9.17) is 9.15 Å². The molecule has 3 rings (SSSR count). The van der Waals surface area contributed by atoms with Crippen molar-refractivity contribution in [3.8, 4) is 17.1 Å². The summed E-state index contributed by atoms with van der Waals surface area (Å²) in [6.45, 7) is 3.10. The van der Waals surface area contributed by atoms with Crippen LogP contribution in [0.5, 0.6) is 5.75 Å². The molecule has 1 aliphatic rings. The fraction of sp³-hybridized carbons (Fsp3) is 0.389. The normalized spacial score (nSPS) is 16.6. The van der Waals surface area contributed by atoms with Crippen molar-refractivity contribution in [1.29, 1.82) is 0 Å². The Labute approximate surface area is 130 Å². The summed E-state index contributed by atoms with van der Waals surface area (Å²) < 4.78 is 11.3. The Morgan fingerprint density at radius 3 is 2.55 bits per heavy atom. The molecule has 4 heteroatoms. The largest absolute Gasteiger partial charge is 0.493 e. The van der Waals surface area contributed by atoms with Crippen molar-refractivity contribution < 1.29 is 13.9 Å². The Morgan fingerprint density at radius 1 is 1.18 bits per heavy atom. The first-order chi connectivity index (χ1) is 10.7. The quantitative estimate of drug-likeness (QED) is 0.793. The van der Waals surface area contributed by atoms with Crippen molar-refractivity contribution in [2.75, 3.05) is 26.7 Å². The average Bonchev–Trinajstić information content (AvgIpc) is 3.04. The number of carbonyl (C=O) groups is 1. The highest BCUT2D eigenvalue weighted by Crippen LogP contribution is 2.25. The van der Waals surface area contributed by atoms with Gasteiger partial charge in [-0.2, -0.15) is 0 Å². The first-order valence-corrected chi connectivity index (χ1v) is 7.71. The molecule has 0 spiro atoms. The van der Waals surface area contributed by atoms with Crippen molar-refractivity contribution in [2.45, 2.75) is 12.8 Å². The van der Waals surface area contributed by atoms with Crippen LogP contribution in [0.3, 0.4) is 0 Å². The maximum atomic E-state index is 10.6. The molecule has 1 saturated heterocycles. The van der Waals surface area contributed by atoms with E-state index in [0.717, 1.165) is 31.0 Å². The molecule has 0 bridgehead atoms. The molecule has 0 aliphatic carbocycles. The van der Waals surface area contributed by atoms with E-state index in [-0.39, 0.29) is 0 Å². The van der Waals surface area contributed by atoms with E-state index < -0.39 is 0 Å². The zero-order valence-electron chi connectivity index (χ0n) is 12.8. The van der Waals surface area contributed by atoms with Crippen molar-refractivity contribution in [2.24, 2.45) is 5.92 Å². The van der Waals surface area contributed by atoms with Crippen LogP contribution in [0.2, 0.25) is 0 Å². The van der Waals surface area contributed by atoms with Gasteiger partial charge >= 0.3 is 0 Å². The fourth-order valence-corrected chi connectivity index (χ4v) is 2.73. The van der Waals surface area contributed by atoms with Gasteiger partial charge in [0, 0.05) is 5.56 Å². The van der Waals surface area contributed by atoms with E-state index in [1.54, 1.807) is 12.1 Å². The predicted octanol–water partition coefficient (Wildman–Crippen LogP) is 3.48. The number of aldehydes is 1. The maximum Gasteiger partial charge on any atom is 0.185 e. The smallest absolute Gasteiger partial charge is 0.185 e. The number of nitrogens with zero attached hydrogens (tertiary/aromatic N) is 1. The highest BCUT2D eigenvalue weighted by atomic mass is 16.5. The molecular weight excluding hydrogens is 278 g/mol. The molecule has 0 radical (unpaired) electrons. The molecule has 1 aliphatic heterocycles. The van der Waals surface area contributed by atoms with Crippen LogP contribution < -0.4 is 4.74 Å². The molecule has 0 N–H and O–H groups in total. The molecule has 22 heavy (non-hydrogen) atoms. The summed E-state index contributed by atoms with van der Waals surface area (Å²) in [6.07, 6.45) is 3.12. The Bertz CT molecular complexity index is 610. The second-order valence-electron chi connectivity index (χ2n) is 5.90. The standard InChI is InChI=1S/C18H21NO3/c1-19-10-8-14(9-11-19)13-21-16-4-2-15(3-5-16)18-7-6-17(12-20)22-18/h2-7,12,14H,8-11,13H2,1H3. The average molecular weight is 299 g/mol. The molecule has 1 fully saturated rings. The van der Waals surface area contributed by atoms with Gasteiger partial charge in [0.15, 0.2) is 12.0 Å². The fourth-order valence-electron chi connectivity index (χ4n) is 2.73. The molecule has 116 valence electrons. The van der Waals surface area contributed by atoms with Gasteiger partial charge in [-0.3, -0.25) is 4.79 Å². The summed E-state index contributed by atoms with van der Waals surface area (Å²) in [5, 5.41) is 0. The number of likely N-dealkylation sites (tertiary alicyclic amines) is 1. The lowest BCUT2D eigenvalue weighted by molar-refractivity contribution is 0.110. The van der Waals surface area contributed by atoms with Crippen LogP contribution in [-0.2, 0) is 0 Å². The number of hydrogen-bond donors (Lipinski definition) is 0. The molecule has 2 heterocycles. The summed E-state index contributed by atoms with van der Waals surface area (Å²) in [5.74, 6) is 2.57. The monoisotopic (exact) mass is 299 g/mol. The lowest BCUT2D eigenvalue weighted by Gasteiger charge is -2.28. The lowest BCUT2D eigenvalue weighted by Crippen LogP contribution is -2.32. The van der Waals surface area contributed by atoms with Crippen molar-refractivity contribution in [1.82, 2.24) is 4.90 Å². The third-order valence-electron chi connectivity index (χ3n) is 4.21. The van der Waals surface area contributed by atoms with Gasteiger partial charge in [-0.15, -0.1) is 0 Å². The van der Waals surface area contributed by atoms with Crippen molar-refractivity contribution in [3.05, 3.63) is 42.2 Å². The topological polar surface area (TPSA) is 42.7 Å². The van der Waals surface area contributed by atoms with E-state index in [1.807, 2.05) is 24.3 Å². The third-order valence-corrected chi connectivity index (χ3v) is 4.21. The van der Waals surface area contributed by atoms with Gasteiger partial charge in [-0.1, -0.05) is 0 Å². The van der Waals surface area contributed by atoms with Gasteiger partial charge in [-0.25, -0.2) is 0 Å². The first-order valence-electron chi connectivity index (χ1n) is 7.71. The number of carbonyl (C=O) groups excluding carboxylic acids is 1. The zero-order chi connectivity index (χ0) is 15.4. The molecule has 1 aromatic carbocycles. The number of benzene rings is 1. The maximum absolute atomic E-state index is 10.6. The zero-order valence-corrected chi connectivity index (χ0v) is 12.8. The van der Waals surface area contributed by atoms with Gasteiger partial charge in [0.2, 0.25) is 0 Å². The summed E-state index contributed by atoms with van der Waals surface area (Å²) in [4.78, 5) is 13.0. The lowest BCUT2D eigenvalue weighted by atomic mass is 9.98. The van der Waals surface area contributed by atoms with Crippen molar-refractivity contribution >= 4 is 6.29 Å². The Morgan fingerprint density at radius 2 is 1.91 bits per heavy atom. The number of piperidine rings is 1. The minimum Gasteiger partial charge on any atom is -0.493 e. The minimum absolute atomic E-state index is 0.345. The van der Waals surface area contributed by atoms with Crippen LogP contribution in [0.25, 0.3) is 11.3 Å². The summed E-state index contributed by atoms with van der Waals surface area (Å²) in [6, 6.07) is 11.3. The van der Waals surface area contributed by atoms with Crippen molar-refractivity contribution in [3.63, 3.8) is 0 Å². The van der Waals surface area contributed by atoms with Gasteiger partial charge in [0.05, 0.1) is 6.61 Å². The number of furan rings is 1. The second kappa shape index (κ2) is 6.79. The molecule has 0 unspecified atom stereocenters. The Hall–Kier alpha value is -2.07. The van der Waals surface area contributed by atoms with Gasteiger partial charge in [0.25, 0.3) is 0 Å². The van der Waals surface area contributed by atoms with Crippen LogP contribution in [0, 0.1) is 5.92 Å². The molecule has 1 aromatic heterocycles. The van der Waals surface area contributed by atoms with Crippen LogP contribution >= 0.6 is 0 Å². The van der Waals surface area contributed by atoms with E-state index in [1.165, 1.54) is 12.8 Å². The predicted molar refractivity (Wildman–Crippen MR) is 85.2 cm³/mol. The second-order valence-corrected chi connectivity index (χ2v) is 5.90. The molecule has 2 aromatic rings. The molecule has 0 atom stereocenters. The van der Waals surface area contributed by atoms with Gasteiger partial charge < -0.3 is 14.1 Å². The minimum atomic E-state index is 0.345. The SMILES string of the molecule is CN1CCC(COc2ccc(-c3ccc(C=O)o3)cc2)CC1. The number of hydrogen-bond acceptors (Lipinski definition) is 4. The van der Waals surface area contributed by atoms with Gasteiger partial charge in [0.1, 0.15) is 11.5 Å². The van der Waals surface area contributed by atoms with E-state index in [2.05, 4.69) is 11.9 Å². The van der Waals surface area contributed by atoms with Gasteiger partial charge in [-0.05, 0) is 75.3 Å². The summed E-state index contributed by atoms with van der Waals surface area (Å²) >= 11 is 0. The Balaban J connectivity index is 1.56. The van der Waals surface area contributed by atoms with Crippen LogP contribution in [0.15, 0.2) is 40.8 Å². The highest BCUT2D eigenvalue weighted by Gasteiger charge is 2.17. The molecule has 0 saturated carbocycles. The van der Waals surface area contributed by atoms with Crippen LogP contribution in [0.4, 0.5) is 0 Å². The molecule has 4 nitrogen and oxygen atoms in total. The van der Waals surface area contributed by atoms with E-state index in [9.17, 15) is 4.79 Å². The first kappa shape index (κ1) is 14.9. The van der Waals surface area contributed by atoms with Crippen LogP contribution in [0.1, 0.15) is 23.4 Å². The Kier molecular flexibility index (Phi) is 4.59. The summed E-state index contributed by atoms with van der Waals surface area (Å²) in [7, 11) is 2.17. The molecule has 0 amide bonds. The number of ether oxygens (including phenoxy) is 1. The highest BCUT2D eigenvalue weighted by molar-refractivity contribution is 5.72. The summed E-state index contributed by atoms with van der Waals surface area (Å²) in [5.41, 5.74) is 0.944. The van der Waals surface area contributed by atoms with E-state index in [0.29, 0.717) is 23.7 Å².